The fraction of sp³-hybridized carbons (Fsp3) is 0.308. The number of carbonyl (C=O) groups excluding carboxylic acids is 2. The number of amides is 2. The van der Waals surface area contributed by atoms with Gasteiger partial charge in [-0.2, -0.15) is 0 Å². The van der Waals surface area contributed by atoms with Crippen molar-refractivity contribution in [3.8, 4) is 23.7 Å². The van der Waals surface area contributed by atoms with Gasteiger partial charge < -0.3 is 20.1 Å². The highest BCUT2D eigenvalue weighted by Crippen LogP contribution is 2.05. The number of alkyl carbamates (subject to hydrolysis) is 2. The van der Waals surface area contributed by atoms with E-state index in [4.69, 9.17) is 9.47 Å². The van der Waals surface area contributed by atoms with Crippen molar-refractivity contribution in [2.75, 3.05) is 13.2 Å². The number of hydrogen-bond donors (Lipinski definition) is 2. The highest BCUT2D eigenvalue weighted by Gasteiger charge is 2.01. The van der Waals surface area contributed by atoms with Gasteiger partial charge in [0, 0.05) is 13.1 Å². The normalized spacial score (nSPS) is 9.44. The Balaban J connectivity index is 1.55. The molecule has 0 aliphatic carbocycles. The highest BCUT2D eigenvalue weighted by atomic mass is 16.6. The van der Waals surface area contributed by atoms with E-state index in [0.29, 0.717) is 13.1 Å². The Labute approximate surface area is 189 Å². The summed E-state index contributed by atoms with van der Waals surface area (Å²) in [5.74, 6) is 10.3. The maximum atomic E-state index is 11.6. The van der Waals surface area contributed by atoms with Gasteiger partial charge in [-0.1, -0.05) is 62.4 Å². The smallest absolute Gasteiger partial charge is 0.408 e. The predicted molar refractivity (Wildman–Crippen MR) is 124 cm³/mol. The van der Waals surface area contributed by atoms with E-state index in [-0.39, 0.29) is 13.2 Å². The van der Waals surface area contributed by atoms with Crippen LogP contribution in [0.4, 0.5) is 9.59 Å². The molecule has 2 rings (SSSR count). The molecular formula is C26H28N2O4. The minimum Gasteiger partial charge on any atom is -0.436 e. The molecule has 0 saturated carbocycles. The van der Waals surface area contributed by atoms with Crippen molar-refractivity contribution in [1.82, 2.24) is 10.6 Å². The molecule has 0 aromatic heterocycles. The van der Waals surface area contributed by atoms with E-state index in [2.05, 4.69) is 48.2 Å². The zero-order valence-corrected chi connectivity index (χ0v) is 18.5. The van der Waals surface area contributed by atoms with E-state index in [9.17, 15) is 9.59 Å². The molecule has 2 amide bonds. The van der Waals surface area contributed by atoms with Gasteiger partial charge in [0.1, 0.15) is 0 Å². The first-order chi connectivity index (χ1) is 15.6. The summed E-state index contributed by atoms with van der Waals surface area (Å²) in [5.41, 5.74) is 4.48. The van der Waals surface area contributed by atoms with Crippen molar-refractivity contribution in [1.29, 1.82) is 0 Å². The molecule has 6 heteroatoms. The zero-order valence-electron chi connectivity index (χ0n) is 18.5. The fourth-order valence-corrected chi connectivity index (χ4v) is 2.60. The van der Waals surface area contributed by atoms with Crippen molar-refractivity contribution in [3.05, 3.63) is 70.8 Å². The average Bonchev–Trinajstić information content (AvgIpc) is 2.83. The first-order valence-corrected chi connectivity index (χ1v) is 10.5. The minimum atomic E-state index is -0.545. The third kappa shape index (κ3) is 9.73. The lowest BCUT2D eigenvalue weighted by atomic mass is 10.1. The van der Waals surface area contributed by atoms with Crippen LogP contribution in [0.25, 0.3) is 0 Å². The Morgan fingerprint density at radius 3 is 1.34 bits per heavy atom. The van der Waals surface area contributed by atoms with Gasteiger partial charge in [-0.15, -0.1) is 0 Å². The van der Waals surface area contributed by atoms with Crippen LogP contribution in [0.2, 0.25) is 0 Å². The third-order valence-corrected chi connectivity index (χ3v) is 4.53. The molecule has 6 nitrogen and oxygen atoms in total. The molecule has 0 heterocycles. The van der Waals surface area contributed by atoms with Crippen molar-refractivity contribution in [2.24, 2.45) is 0 Å². The van der Waals surface area contributed by atoms with Crippen LogP contribution in [0.1, 0.15) is 36.1 Å². The van der Waals surface area contributed by atoms with E-state index in [0.717, 1.165) is 24.0 Å². The first-order valence-electron chi connectivity index (χ1n) is 10.5. The molecule has 2 N–H and O–H groups in total. The average molecular weight is 433 g/mol. The van der Waals surface area contributed by atoms with Crippen LogP contribution in [0.5, 0.6) is 0 Å². The van der Waals surface area contributed by atoms with Gasteiger partial charge >= 0.3 is 12.2 Å². The van der Waals surface area contributed by atoms with E-state index in [1.807, 2.05) is 48.5 Å². The van der Waals surface area contributed by atoms with Gasteiger partial charge in [-0.3, -0.25) is 0 Å². The minimum absolute atomic E-state index is 0.0759. The summed E-state index contributed by atoms with van der Waals surface area (Å²) in [6, 6.07) is 16.0. The van der Waals surface area contributed by atoms with Crippen LogP contribution in [0, 0.1) is 23.7 Å². The van der Waals surface area contributed by atoms with Crippen LogP contribution >= 0.6 is 0 Å². The second kappa shape index (κ2) is 14.2. The number of benzene rings is 2. The lowest BCUT2D eigenvalue weighted by Gasteiger charge is -2.05. The van der Waals surface area contributed by atoms with Gasteiger partial charge in [-0.25, -0.2) is 9.59 Å². The van der Waals surface area contributed by atoms with Crippen LogP contribution in [0.3, 0.4) is 0 Å². The summed E-state index contributed by atoms with van der Waals surface area (Å²) < 4.78 is 9.91. The predicted octanol–water partition coefficient (Wildman–Crippen LogP) is 3.97. The van der Waals surface area contributed by atoms with Crippen LogP contribution in [-0.4, -0.2) is 25.4 Å². The van der Waals surface area contributed by atoms with Crippen LogP contribution in [0.15, 0.2) is 48.5 Å². The SMILES string of the molecule is CCc1ccc(CNC(=O)OCC#CC#CCOC(=O)NCc2ccc(CC)cc2)cc1. The Kier molecular flexibility index (Phi) is 10.8. The van der Waals surface area contributed by atoms with Gasteiger partial charge in [0.25, 0.3) is 0 Å². The van der Waals surface area contributed by atoms with Crippen LogP contribution < -0.4 is 10.6 Å². The monoisotopic (exact) mass is 432 g/mol. The van der Waals surface area contributed by atoms with Gasteiger partial charge in [0.2, 0.25) is 0 Å². The largest absolute Gasteiger partial charge is 0.436 e. The number of carbonyl (C=O) groups is 2. The molecule has 0 saturated heterocycles. The molecule has 0 atom stereocenters. The standard InChI is InChI=1S/C26H28N2O4/c1-3-21-9-13-23(14-10-21)19-27-25(29)31-17-7-5-6-8-18-32-26(30)28-20-24-15-11-22(4-2)12-16-24/h9-16H,3-4,17-20H2,1-2H3,(H,27,29)(H,28,30). The Morgan fingerprint density at radius 2 is 1.00 bits per heavy atom. The van der Waals surface area contributed by atoms with Crippen molar-refractivity contribution in [3.63, 3.8) is 0 Å². The second-order valence-corrected chi connectivity index (χ2v) is 6.80. The molecule has 32 heavy (non-hydrogen) atoms. The number of ether oxygens (including phenoxy) is 2. The zero-order chi connectivity index (χ0) is 23.0. The number of aryl methyl sites for hydroxylation is 2. The van der Waals surface area contributed by atoms with Crippen LogP contribution in [-0.2, 0) is 35.4 Å². The summed E-state index contributed by atoms with van der Waals surface area (Å²) in [6.45, 7) is 4.81. The molecule has 0 bridgehead atoms. The van der Waals surface area contributed by atoms with E-state index in [1.54, 1.807) is 0 Å². The quantitative estimate of drug-likeness (QED) is 0.619. The molecule has 2 aromatic carbocycles. The number of nitrogens with one attached hydrogen (secondary N) is 2. The Morgan fingerprint density at radius 1 is 0.656 bits per heavy atom. The summed E-state index contributed by atoms with van der Waals surface area (Å²) in [7, 11) is 0. The maximum Gasteiger partial charge on any atom is 0.408 e. The molecule has 0 spiro atoms. The third-order valence-electron chi connectivity index (χ3n) is 4.53. The number of hydrogen-bond acceptors (Lipinski definition) is 4. The lowest BCUT2D eigenvalue weighted by Crippen LogP contribution is -2.23. The summed E-state index contributed by atoms with van der Waals surface area (Å²) in [5, 5.41) is 5.32. The van der Waals surface area contributed by atoms with Crippen molar-refractivity contribution >= 4 is 12.2 Å². The maximum absolute atomic E-state index is 11.6. The summed E-state index contributed by atoms with van der Waals surface area (Å²) >= 11 is 0. The first kappa shape index (κ1) is 24.4. The lowest BCUT2D eigenvalue weighted by molar-refractivity contribution is 0.158. The summed E-state index contributed by atoms with van der Waals surface area (Å²) in [6.07, 6.45) is 0.863. The van der Waals surface area contributed by atoms with Crippen molar-refractivity contribution < 1.29 is 19.1 Å². The topological polar surface area (TPSA) is 76.7 Å². The molecule has 166 valence electrons. The van der Waals surface area contributed by atoms with E-state index < -0.39 is 12.2 Å². The fourth-order valence-electron chi connectivity index (χ4n) is 2.60. The summed E-state index contributed by atoms with van der Waals surface area (Å²) in [4.78, 5) is 23.3. The van der Waals surface area contributed by atoms with Crippen molar-refractivity contribution in [2.45, 2.75) is 39.8 Å². The molecule has 0 aliphatic heterocycles. The Bertz CT molecular complexity index is 907. The molecular weight excluding hydrogens is 404 g/mol. The molecule has 2 aromatic rings. The van der Waals surface area contributed by atoms with Gasteiger partial charge in [0.15, 0.2) is 13.2 Å². The van der Waals surface area contributed by atoms with E-state index in [1.165, 1.54) is 11.1 Å². The molecule has 0 aliphatic rings. The highest BCUT2D eigenvalue weighted by molar-refractivity contribution is 5.67. The molecule has 0 unspecified atom stereocenters. The second-order valence-electron chi connectivity index (χ2n) is 6.80. The Hall–Kier alpha value is -3.90. The molecule has 0 fully saturated rings. The number of rotatable bonds is 8. The van der Waals surface area contributed by atoms with Gasteiger partial charge in [-0.05, 0) is 58.8 Å². The molecule has 0 radical (unpaired) electrons. The van der Waals surface area contributed by atoms with E-state index >= 15 is 0 Å². The van der Waals surface area contributed by atoms with Gasteiger partial charge in [0.05, 0.1) is 0 Å².